The molecule has 0 spiro atoms. The van der Waals surface area contributed by atoms with Crippen molar-refractivity contribution in [1.29, 1.82) is 0 Å². The second-order valence-corrected chi connectivity index (χ2v) is 8.29. The molecule has 166 valence electrons. The summed E-state index contributed by atoms with van der Waals surface area (Å²) in [6.45, 7) is 4.15. The minimum atomic E-state index is -0.731. The van der Waals surface area contributed by atoms with Crippen LogP contribution in [0.15, 0.2) is 54.7 Å². The Kier molecular flexibility index (Phi) is 6.16. The van der Waals surface area contributed by atoms with Gasteiger partial charge in [-0.1, -0.05) is 38.1 Å². The Bertz CT molecular complexity index is 1130. The lowest BCUT2D eigenvalue weighted by molar-refractivity contribution is -0.122. The van der Waals surface area contributed by atoms with E-state index in [4.69, 9.17) is 0 Å². The number of imide groups is 1. The molecule has 1 saturated heterocycles. The van der Waals surface area contributed by atoms with E-state index in [1.807, 2.05) is 34.9 Å². The fourth-order valence-corrected chi connectivity index (χ4v) is 3.89. The highest BCUT2D eigenvalue weighted by Crippen LogP contribution is 2.23. The van der Waals surface area contributed by atoms with Crippen molar-refractivity contribution >= 4 is 29.2 Å². The van der Waals surface area contributed by atoms with Gasteiger partial charge in [-0.05, 0) is 43.0 Å². The molecule has 3 heterocycles. The summed E-state index contributed by atoms with van der Waals surface area (Å²) in [5.74, 6) is 0.439. The first-order valence-electron chi connectivity index (χ1n) is 10.7. The van der Waals surface area contributed by atoms with Gasteiger partial charge >= 0.3 is 6.03 Å². The summed E-state index contributed by atoms with van der Waals surface area (Å²) in [5.41, 5.74) is 1.23. The van der Waals surface area contributed by atoms with Gasteiger partial charge in [-0.15, -0.1) is 10.2 Å². The van der Waals surface area contributed by atoms with Crippen LogP contribution in [0.3, 0.4) is 0 Å². The van der Waals surface area contributed by atoms with Gasteiger partial charge in [0.25, 0.3) is 5.91 Å². The van der Waals surface area contributed by atoms with E-state index >= 15 is 0 Å². The van der Waals surface area contributed by atoms with Crippen molar-refractivity contribution in [2.45, 2.75) is 45.2 Å². The monoisotopic (exact) mass is 434 g/mol. The molecule has 2 atom stereocenters. The standard InChI is InChI=1S/C23H26N6O3/c1-15(2)14-18(21-27-26-19-10-6-7-13-28(19)21)24-20(30)12-11-17-22(31)29(23(32)25-17)16-8-4-3-5-9-16/h3-10,13,15,17-18H,11-12,14H2,1-2H3,(H,24,30)(H,25,32)/t17?,18-/m0/s1. The van der Waals surface area contributed by atoms with E-state index in [9.17, 15) is 14.4 Å². The molecule has 1 aliphatic rings. The van der Waals surface area contributed by atoms with Crippen molar-refractivity contribution in [3.63, 3.8) is 0 Å². The number of anilines is 1. The molecule has 4 amide bonds. The van der Waals surface area contributed by atoms with Gasteiger partial charge < -0.3 is 10.6 Å². The second-order valence-electron chi connectivity index (χ2n) is 8.29. The lowest BCUT2D eigenvalue weighted by Gasteiger charge is -2.19. The smallest absolute Gasteiger partial charge is 0.329 e. The lowest BCUT2D eigenvalue weighted by Crippen LogP contribution is -2.34. The Hall–Kier alpha value is -3.75. The Morgan fingerprint density at radius 3 is 2.59 bits per heavy atom. The molecule has 0 radical (unpaired) electrons. The fraction of sp³-hybridized carbons (Fsp3) is 0.348. The average Bonchev–Trinajstić information content (AvgIpc) is 3.32. The third kappa shape index (κ3) is 4.46. The van der Waals surface area contributed by atoms with Crippen molar-refractivity contribution in [2.75, 3.05) is 4.90 Å². The molecule has 1 fully saturated rings. The number of carbonyl (C=O) groups is 3. The Morgan fingerprint density at radius 2 is 1.84 bits per heavy atom. The number of amides is 4. The van der Waals surface area contributed by atoms with Crippen molar-refractivity contribution in [3.8, 4) is 0 Å². The lowest BCUT2D eigenvalue weighted by atomic mass is 10.0. The van der Waals surface area contributed by atoms with Crippen LogP contribution in [0, 0.1) is 5.92 Å². The van der Waals surface area contributed by atoms with Crippen LogP contribution in [0.25, 0.3) is 5.65 Å². The zero-order valence-electron chi connectivity index (χ0n) is 18.1. The summed E-state index contributed by atoms with van der Waals surface area (Å²) in [4.78, 5) is 38.9. The predicted molar refractivity (Wildman–Crippen MR) is 119 cm³/mol. The molecule has 0 saturated carbocycles. The molecule has 3 aromatic rings. The summed E-state index contributed by atoms with van der Waals surface area (Å²) >= 11 is 0. The van der Waals surface area contributed by atoms with Crippen LogP contribution < -0.4 is 15.5 Å². The molecule has 1 aliphatic heterocycles. The van der Waals surface area contributed by atoms with Crippen LogP contribution >= 0.6 is 0 Å². The van der Waals surface area contributed by atoms with Crippen LogP contribution in [-0.4, -0.2) is 38.5 Å². The third-order valence-corrected chi connectivity index (χ3v) is 5.39. The van der Waals surface area contributed by atoms with Crippen molar-refractivity contribution < 1.29 is 14.4 Å². The first-order chi connectivity index (χ1) is 15.4. The molecule has 2 N–H and O–H groups in total. The van der Waals surface area contributed by atoms with E-state index in [2.05, 4.69) is 34.7 Å². The van der Waals surface area contributed by atoms with E-state index in [0.29, 0.717) is 29.5 Å². The Balaban J connectivity index is 1.41. The number of urea groups is 1. The van der Waals surface area contributed by atoms with E-state index in [1.54, 1.807) is 24.3 Å². The van der Waals surface area contributed by atoms with Crippen LogP contribution in [-0.2, 0) is 9.59 Å². The third-order valence-electron chi connectivity index (χ3n) is 5.39. The number of hydrogen-bond acceptors (Lipinski definition) is 5. The quantitative estimate of drug-likeness (QED) is 0.530. The molecule has 0 bridgehead atoms. The molecule has 9 nitrogen and oxygen atoms in total. The summed E-state index contributed by atoms with van der Waals surface area (Å²) < 4.78 is 1.87. The van der Waals surface area contributed by atoms with E-state index in [-0.39, 0.29) is 30.7 Å². The zero-order chi connectivity index (χ0) is 22.7. The minimum Gasteiger partial charge on any atom is -0.346 e. The maximum atomic E-state index is 12.8. The van der Waals surface area contributed by atoms with Crippen LogP contribution in [0.1, 0.15) is 45.0 Å². The number of rotatable bonds is 8. The van der Waals surface area contributed by atoms with Gasteiger partial charge in [0, 0.05) is 12.6 Å². The Morgan fingerprint density at radius 1 is 1.09 bits per heavy atom. The SMILES string of the molecule is CC(C)C[C@H](NC(=O)CCC1NC(=O)N(c2ccccc2)C1=O)c1nnc2ccccn12. The highest BCUT2D eigenvalue weighted by atomic mass is 16.2. The number of carbonyl (C=O) groups excluding carboxylic acids is 3. The highest BCUT2D eigenvalue weighted by molar-refractivity contribution is 6.21. The van der Waals surface area contributed by atoms with Crippen molar-refractivity contribution in [3.05, 3.63) is 60.6 Å². The largest absolute Gasteiger partial charge is 0.346 e. The number of hydrogen-bond donors (Lipinski definition) is 2. The fourth-order valence-electron chi connectivity index (χ4n) is 3.89. The molecule has 9 heteroatoms. The summed E-state index contributed by atoms with van der Waals surface area (Å²) in [6.07, 6.45) is 2.89. The first kappa shape index (κ1) is 21.5. The number of para-hydroxylation sites is 1. The number of fused-ring (bicyclic) bond motifs is 1. The normalized spacial score (nSPS) is 17.1. The van der Waals surface area contributed by atoms with Gasteiger partial charge in [-0.25, -0.2) is 9.69 Å². The summed E-state index contributed by atoms with van der Waals surface area (Å²) in [5, 5.41) is 14.2. The highest BCUT2D eigenvalue weighted by Gasteiger charge is 2.39. The minimum absolute atomic E-state index is 0.102. The molecule has 0 aliphatic carbocycles. The zero-order valence-corrected chi connectivity index (χ0v) is 18.1. The van der Waals surface area contributed by atoms with E-state index in [0.717, 1.165) is 4.90 Å². The number of benzene rings is 1. The van der Waals surface area contributed by atoms with Crippen LogP contribution in [0.2, 0.25) is 0 Å². The second kappa shape index (κ2) is 9.17. The van der Waals surface area contributed by atoms with Gasteiger partial charge in [0.1, 0.15) is 6.04 Å². The number of pyridine rings is 1. The molecule has 4 rings (SSSR count). The van der Waals surface area contributed by atoms with Gasteiger partial charge in [-0.2, -0.15) is 0 Å². The molecular weight excluding hydrogens is 408 g/mol. The van der Waals surface area contributed by atoms with Crippen molar-refractivity contribution in [1.82, 2.24) is 25.2 Å². The topological polar surface area (TPSA) is 109 Å². The molecule has 1 aromatic carbocycles. The van der Waals surface area contributed by atoms with Gasteiger partial charge in [0.05, 0.1) is 11.7 Å². The van der Waals surface area contributed by atoms with E-state index < -0.39 is 12.1 Å². The number of aromatic nitrogens is 3. The first-order valence-corrected chi connectivity index (χ1v) is 10.7. The number of nitrogens with zero attached hydrogens (tertiary/aromatic N) is 4. The molecular formula is C23H26N6O3. The number of nitrogens with one attached hydrogen (secondary N) is 2. The van der Waals surface area contributed by atoms with Crippen molar-refractivity contribution in [2.24, 2.45) is 5.92 Å². The maximum absolute atomic E-state index is 12.8. The maximum Gasteiger partial charge on any atom is 0.329 e. The summed E-state index contributed by atoms with van der Waals surface area (Å²) in [7, 11) is 0. The molecule has 2 aromatic heterocycles. The summed E-state index contributed by atoms with van der Waals surface area (Å²) in [6, 6.07) is 12.9. The van der Waals surface area contributed by atoms with Crippen LogP contribution in [0.5, 0.6) is 0 Å². The van der Waals surface area contributed by atoms with E-state index in [1.165, 1.54) is 0 Å². The average molecular weight is 435 g/mol. The molecule has 32 heavy (non-hydrogen) atoms. The van der Waals surface area contributed by atoms with Gasteiger partial charge in [-0.3, -0.25) is 14.0 Å². The van der Waals surface area contributed by atoms with Crippen LogP contribution in [0.4, 0.5) is 10.5 Å². The van der Waals surface area contributed by atoms with Gasteiger partial charge in [0.15, 0.2) is 11.5 Å². The molecule has 1 unspecified atom stereocenters. The predicted octanol–water partition coefficient (Wildman–Crippen LogP) is 2.84. The van der Waals surface area contributed by atoms with Gasteiger partial charge in [0.2, 0.25) is 5.91 Å². The Labute approximate surface area is 185 Å².